The van der Waals surface area contributed by atoms with E-state index in [1.54, 1.807) is 30.3 Å². The minimum Gasteiger partial charge on any atom is -0.378 e. The smallest absolute Gasteiger partial charge is 0.296 e. The average Bonchev–Trinajstić information content (AvgIpc) is 3.42. The highest BCUT2D eigenvalue weighted by atomic mass is 32.2. The Hall–Kier alpha value is -4.19. The van der Waals surface area contributed by atoms with Gasteiger partial charge in [-0.05, 0) is 62.1 Å². The Bertz CT molecular complexity index is 1740. The molecular weight excluding hydrogens is 578 g/mol. The number of para-hydroxylation sites is 2. The molecule has 1 aliphatic carbocycles. The highest BCUT2D eigenvalue weighted by molar-refractivity contribution is 7.89. The molecule has 3 heterocycles. The quantitative estimate of drug-likeness (QED) is 0.302. The number of alkyl halides is 2. The summed E-state index contributed by atoms with van der Waals surface area (Å²) in [6, 6.07) is 16.1. The zero-order chi connectivity index (χ0) is 30.0. The predicted octanol–water partition coefficient (Wildman–Crippen LogP) is 4.16. The van der Waals surface area contributed by atoms with Crippen LogP contribution in [0.25, 0.3) is 16.9 Å². The first-order valence-corrected chi connectivity index (χ1v) is 15.6. The van der Waals surface area contributed by atoms with Gasteiger partial charge in [0.2, 0.25) is 16.0 Å². The number of nitrogens with zero attached hydrogens (tertiary/aromatic N) is 6. The molecule has 2 aromatic carbocycles. The molecule has 1 aliphatic heterocycles. The average molecular weight is 609 g/mol. The monoisotopic (exact) mass is 608 g/mol. The standard InChI is InChI=1S/C29H30F2N8O3S/c30-27(31)28-34-23-3-1-2-4-24(23)39(28)26-17-25(35-29(36-26)38-13-15-42-16-14-38)33-20-7-9-21(10-8-20)37-43(40,41)22-11-5-19(18-32)6-12-22/h1-6,11-12,17,20-21,27,37H,7-10,13-16H2,(H,33,35,36)/t20-,21-. The molecule has 0 bridgehead atoms. The first-order valence-electron chi connectivity index (χ1n) is 14.1. The molecule has 2 aliphatic rings. The fourth-order valence-corrected chi connectivity index (χ4v) is 6.81. The van der Waals surface area contributed by atoms with Crippen molar-refractivity contribution < 1.29 is 21.9 Å². The zero-order valence-electron chi connectivity index (χ0n) is 23.2. The summed E-state index contributed by atoms with van der Waals surface area (Å²) in [4.78, 5) is 15.7. The summed E-state index contributed by atoms with van der Waals surface area (Å²) in [6.07, 6.45) is -0.271. The van der Waals surface area contributed by atoms with Gasteiger partial charge in [-0.1, -0.05) is 12.1 Å². The Kier molecular flexibility index (Phi) is 8.20. The molecule has 1 saturated carbocycles. The molecular formula is C29H30F2N8O3S. The van der Waals surface area contributed by atoms with E-state index in [4.69, 9.17) is 20.0 Å². The summed E-state index contributed by atoms with van der Waals surface area (Å²) in [6.45, 7) is 2.16. The number of hydrogen-bond acceptors (Lipinski definition) is 9. The van der Waals surface area contributed by atoms with E-state index in [1.165, 1.54) is 28.8 Å². The van der Waals surface area contributed by atoms with Crippen LogP contribution >= 0.6 is 0 Å². The lowest BCUT2D eigenvalue weighted by atomic mass is 9.92. The van der Waals surface area contributed by atoms with E-state index in [1.807, 2.05) is 11.0 Å². The number of anilines is 2. The van der Waals surface area contributed by atoms with Crippen molar-refractivity contribution in [2.45, 2.75) is 49.1 Å². The van der Waals surface area contributed by atoms with E-state index >= 15 is 0 Å². The van der Waals surface area contributed by atoms with Gasteiger partial charge < -0.3 is 15.0 Å². The molecule has 2 aromatic heterocycles. The SMILES string of the molecule is N#Cc1ccc(S(=O)(=O)N[C@H]2CC[C@H](Nc3cc(-n4c(C(F)F)nc5ccccc54)nc(N4CCOCC4)n3)CC2)cc1. The highest BCUT2D eigenvalue weighted by Crippen LogP contribution is 2.30. The number of rotatable bonds is 8. The van der Waals surface area contributed by atoms with E-state index in [-0.39, 0.29) is 22.8 Å². The van der Waals surface area contributed by atoms with Crippen molar-refractivity contribution in [2.75, 3.05) is 36.5 Å². The summed E-state index contributed by atoms with van der Waals surface area (Å²) in [5, 5.41) is 12.4. The van der Waals surface area contributed by atoms with Crippen molar-refractivity contribution >= 4 is 32.8 Å². The number of nitriles is 1. The summed E-state index contributed by atoms with van der Waals surface area (Å²) in [5.74, 6) is 0.789. The van der Waals surface area contributed by atoms with E-state index in [9.17, 15) is 17.2 Å². The molecule has 2 N–H and O–H groups in total. The van der Waals surface area contributed by atoms with Crippen molar-refractivity contribution in [3.63, 3.8) is 0 Å². The second-order valence-electron chi connectivity index (χ2n) is 10.6. The first kappa shape index (κ1) is 28.9. The molecule has 43 heavy (non-hydrogen) atoms. The Morgan fingerprint density at radius 2 is 1.65 bits per heavy atom. The van der Waals surface area contributed by atoms with Crippen molar-refractivity contribution in [2.24, 2.45) is 0 Å². The maximum atomic E-state index is 14.1. The van der Waals surface area contributed by atoms with Crippen molar-refractivity contribution in [3.8, 4) is 11.9 Å². The molecule has 0 radical (unpaired) electrons. The van der Waals surface area contributed by atoms with E-state index < -0.39 is 22.3 Å². The first-order chi connectivity index (χ1) is 20.8. The van der Waals surface area contributed by atoms with E-state index in [0.29, 0.717) is 80.3 Å². The molecule has 6 rings (SSSR count). The molecule has 0 spiro atoms. The van der Waals surface area contributed by atoms with E-state index in [0.717, 1.165) is 0 Å². The van der Waals surface area contributed by atoms with Crippen LogP contribution in [0, 0.1) is 11.3 Å². The number of nitrogens with one attached hydrogen (secondary N) is 2. The van der Waals surface area contributed by atoms with Gasteiger partial charge in [-0.2, -0.15) is 15.2 Å². The predicted molar refractivity (Wildman–Crippen MR) is 156 cm³/mol. The van der Waals surface area contributed by atoms with Crippen LogP contribution in [0.3, 0.4) is 0 Å². The van der Waals surface area contributed by atoms with Crippen molar-refractivity contribution in [1.29, 1.82) is 5.26 Å². The maximum absolute atomic E-state index is 14.1. The van der Waals surface area contributed by atoms with Gasteiger partial charge in [0.1, 0.15) is 11.6 Å². The van der Waals surface area contributed by atoms with Gasteiger partial charge in [0.15, 0.2) is 5.82 Å². The van der Waals surface area contributed by atoms with Crippen LogP contribution in [-0.4, -0.2) is 66.3 Å². The van der Waals surface area contributed by atoms with Gasteiger partial charge in [-0.15, -0.1) is 0 Å². The number of morpholine rings is 1. The second-order valence-corrected chi connectivity index (χ2v) is 12.3. The number of halogens is 2. The minimum atomic E-state index is -3.73. The minimum absolute atomic E-state index is 0.00921. The highest BCUT2D eigenvalue weighted by Gasteiger charge is 2.28. The number of ether oxygens (including phenoxy) is 1. The second kappa shape index (κ2) is 12.2. The van der Waals surface area contributed by atoms with Crippen LogP contribution in [0.15, 0.2) is 59.5 Å². The molecule has 11 nitrogen and oxygen atoms in total. The van der Waals surface area contributed by atoms with Crippen LogP contribution in [0.1, 0.15) is 43.5 Å². The number of hydrogen-bond donors (Lipinski definition) is 2. The van der Waals surface area contributed by atoms with Crippen LogP contribution in [0.4, 0.5) is 20.5 Å². The Balaban J connectivity index is 1.22. The molecule has 224 valence electrons. The molecule has 4 aromatic rings. The number of aromatic nitrogens is 4. The van der Waals surface area contributed by atoms with Gasteiger partial charge >= 0.3 is 0 Å². The maximum Gasteiger partial charge on any atom is 0.296 e. The van der Waals surface area contributed by atoms with Gasteiger partial charge in [0, 0.05) is 31.2 Å². The van der Waals surface area contributed by atoms with Crippen LogP contribution in [-0.2, 0) is 14.8 Å². The number of sulfonamides is 1. The summed E-state index contributed by atoms with van der Waals surface area (Å²) < 4.78 is 63.7. The number of imidazole rings is 1. The molecule has 0 amide bonds. The third kappa shape index (κ3) is 6.29. The van der Waals surface area contributed by atoms with Crippen molar-refractivity contribution in [1.82, 2.24) is 24.2 Å². The van der Waals surface area contributed by atoms with Gasteiger partial charge in [0.25, 0.3) is 6.43 Å². The number of benzene rings is 2. The molecule has 1 saturated heterocycles. The van der Waals surface area contributed by atoms with Crippen molar-refractivity contribution in [3.05, 3.63) is 66.0 Å². The van der Waals surface area contributed by atoms with Gasteiger partial charge in [-0.3, -0.25) is 4.57 Å². The third-order valence-electron chi connectivity index (χ3n) is 7.70. The Morgan fingerprint density at radius 1 is 0.953 bits per heavy atom. The largest absolute Gasteiger partial charge is 0.378 e. The third-order valence-corrected chi connectivity index (χ3v) is 9.24. The normalized spacial score (nSPS) is 19.4. The van der Waals surface area contributed by atoms with Crippen LogP contribution < -0.4 is 14.9 Å². The molecule has 14 heteroatoms. The fraction of sp³-hybridized carbons (Fsp3) is 0.379. The zero-order valence-corrected chi connectivity index (χ0v) is 24.0. The molecule has 2 fully saturated rings. The molecule has 0 unspecified atom stereocenters. The lowest BCUT2D eigenvalue weighted by Gasteiger charge is -2.31. The topological polar surface area (TPSA) is 138 Å². The van der Waals surface area contributed by atoms with Gasteiger partial charge in [0.05, 0.1) is 40.8 Å². The van der Waals surface area contributed by atoms with Gasteiger partial charge in [-0.25, -0.2) is 26.9 Å². The van der Waals surface area contributed by atoms with Crippen LogP contribution in [0.5, 0.6) is 0 Å². The van der Waals surface area contributed by atoms with E-state index in [2.05, 4.69) is 15.0 Å². The molecule has 0 atom stereocenters. The Morgan fingerprint density at radius 3 is 2.35 bits per heavy atom. The summed E-state index contributed by atoms with van der Waals surface area (Å²) in [7, 11) is -3.73. The summed E-state index contributed by atoms with van der Waals surface area (Å²) >= 11 is 0. The lowest BCUT2D eigenvalue weighted by molar-refractivity contribution is 0.122. The summed E-state index contributed by atoms with van der Waals surface area (Å²) in [5.41, 5.74) is 1.35. The Labute approximate surface area is 247 Å². The van der Waals surface area contributed by atoms with Crippen LogP contribution in [0.2, 0.25) is 0 Å². The number of fused-ring (bicyclic) bond motifs is 1. The lowest BCUT2D eigenvalue weighted by Crippen LogP contribution is -2.40. The fourth-order valence-electron chi connectivity index (χ4n) is 5.51.